The summed E-state index contributed by atoms with van der Waals surface area (Å²) < 4.78 is 0. The second-order valence-corrected chi connectivity index (χ2v) is 5.26. The summed E-state index contributed by atoms with van der Waals surface area (Å²) in [4.78, 5) is 6.80. The maximum Gasteiger partial charge on any atom is 0.130 e. The SMILES string of the molecule is CNC1(C)CCN(c2cc(C#N)cc(C)n2)CC1. The number of hydrogen-bond acceptors (Lipinski definition) is 4. The summed E-state index contributed by atoms with van der Waals surface area (Å²) >= 11 is 0. The van der Waals surface area contributed by atoms with E-state index in [1.165, 1.54) is 0 Å². The van der Waals surface area contributed by atoms with Gasteiger partial charge in [0, 0.05) is 24.3 Å². The molecule has 1 N–H and O–H groups in total. The topological polar surface area (TPSA) is 52.0 Å². The lowest BCUT2D eigenvalue weighted by Crippen LogP contribution is -2.50. The monoisotopic (exact) mass is 244 g/mol. The van der Waals surface area contributed by atoms with Gasteiger partial charge in [-0.15, -0.1) is 0 Å². The van der Waals surface area contributed by atoms with Crippen molar-refractivity contribution in [3.8, 4) is 6.07 Å². The number of nitrogens with one attached hydrogen (secondary N) is 1. The molecule has 0 aliphatic carbocycles. The van der Waals surface area contributed by atoms with E-state index in [0.717, 1.165) is 37.4 Å². The fraction of sp³-hybridized carbons (Fsp3) is 0.571. The Labute approximate surface area is 109 Å². The van der Waals surface area contributed by atoms with E-state index in [-0.39, 0.29) is 5.54 Å². The molecule has 0 saturated carbocycles. The highest BCUT2D eigenvalue weighted by atomic mass is 15.2. The van der Waals surface area contributed by atoms with Crippen molar-refractivity contribution in [2.24, 2.45) is 0 Å². The van der Waals surface area contributed by atoms with Crippen LogP contribution in [0.5, 0.6) is 0 Å². The van der Waals surface area contributed by atoms with Crippen LogP contribution in [-0.4, -0.2) is 30.7 Å². The highest BCUT2D eigenvalue weighted by Crippen LogP contribution is 2.25. The molecule has 1 aliphatic rings. The van der Waals surface area contributed by atoms with Crippen molar-refractivity contribution in [1.29, 1.82) is 5.26 Å². The zero-order valence-electron chi connectivity index (χ0n) is 11.3. The van der Waals surface area contributed by atoms with Gasteiger partial charge in [0.1, 0.15) is 5.82 Å². The number of anilines is 1. The molecule has 1 aromatic heterocycles. The highest BCUT2D eigenvalue weighted by Gasteiger charge is 2.28. The molecular formula is C14H20N4. The van der Waals surface area contributed by atoms with Gasteiger partial charge in [-0.05, 0) is 45.9 Å². The number of piperidine rings is 1. The van der Waals surface area contributed by atoms with Gasteiger partial charge in [-0.1, -0.05) is 0 Å². The first kappa shape index (κ1) is 12.8. The third-order valence-corrected chi connectivity index (χ3v) is 3.86. The number of rotatable bonds is 2. The molecule has 1 fully saturated rings. The van der Waals surface area contributed by atoms with Crippen LogP contribution in [0, 0.1) is 18.3 Å². The fourth-order valence-electron chi connectivity index (χ4n) is 2.36. The smallest absolute Gasteiger partial charge is 0.130 e. The highest BCUT2D eigenvalue weighted by molar-refractivity contribution is 5.47. The van der Waals surface area contributed by atoms with Crippen LogP contribution in [0.25, 0.3) is 0 Å². The van der Waals surface area contributed by atoms with Crippen LogP contribution in [0.2, 0.25) is 0 Å². The first-order chi connectivity index (χ1) is 8.56. The average Bonchev–Trinajstić information content (AvgIpc) is 2.39. The summed E-state index contributed by atoms with van der Waals surface area (Å²) in [6, 6.07) is 5.90. The van der Waals surface area contributed by atoms with E-state index in [9.17, 15) is 0 Å². The van der Waals surface area contributed by atoms with Crippen LogP contribution >= 0.6 is 0 Å². The third-order valence-electron chi connectivity index (χ3n) is 3.86. The zero-order valence-corrected chi connectivity index (χ0v) is 11.3. The second-order valence-electron chi connectivity index (χ2n) is 5.26. The Bertz CT molecular complexity index is 467. The number of aryl methyl sites for hydroxylation is 1. The Morgan fingerprint density at radius 3 is 2.61 bits per heavy atom. The van der Waals surface area contributed by atoms with E-state index in [4.69, 9.17) is 5.26 Å². The van der Waals surface area contributed by atoms with Crippen LogP contribution in [0.1, 0.15) is 31.0 Å². The van der Waals surface area contributed by atoms with Gasteiger partial charge >= 0.3 is 0 Å². The molecule has 18 heavy (non-hydrogen) atoms. The van der Waals surface area contributed by atoms with Crippen molar-refractivity contribution >= 4 is 5.82 Å². The Kier molecular flexibility index (Phi) is 3.53. The Balaban J connectivity index is 2.15. The van der Waals surface area contributed by atoms with Gasteiger partial charge in [0.15, 0.2) is 0 Å². The van der Waals surface area contributed by atoms with Gasteiger partial charge in [0.2, 0.25) is 0 Å². The van der Waals surface area contributed by atoms with Crippen molar-refractivity contribution in [3.05, 3.63) is 23.4 Å². The predicted molar refractivity (Wildman–Crippen MR) is 72.6 cm³/mol. The summed E-state index contributed by atoms with van der Waals surface area (Å²) in [6.45, 7) is 6.16. The molecular weight excluding hydrogens is 224 g/mol. The molecule has 1 aromatic rings. The van der Waals surface area contributed by atoms with E-state index in [1.54, 1.807) is 0 Å². The molecule has 0 aromatic carbocycles. The summed E-state index contributed by atoms with van der Waals surface area (Å²) in [6.07, 6.45) is 2.20. The van der Waals surface area contributed by atoms with Gasteiger partial charge in [0.25, 0.3) is 0 Å². The summed E-state index contributed by atoms with van der Waals surface area (Å²) in [5.41, 5.74) is 1.84. The van der Waals surface area contributed by atoms with Gasteiger partial charge in [-0.2, -0.15) is 5.26 Å². The number of aromatic nitrogens is 1. The van der Waals surface area contributed by atoms with Gasteiger partial charge in [0.05, 0.1) is 11.6 Å². The van der Waals surface area contributed by atoms with Crippen LogP contribution in [0.3, 0.4) is 0 Å². The molecule has 0 amide bonds. The molecule has 1 saturated heterocycles. The maximum atomic E-state index is 9.00. The number of nitrogens with zero attached hydrogens (tertiary/aromatic N) is 3. The first-order valence-electron chi connectivity index (χ1n) is 6.39. The minimum absolute atomic E-state index is 0.235. The van der Waals surface area contributed by atoms with Crippen LogP contribution < -0.4 is 10.2 Å². The fourth-order valence-corrected chi connectivity index (χ4v) is 2.36. The lowest BCUT2D eigenvalue weighted by Gasteiger charge is -2.39. The van der Waals surface area contributed by atoms with Crippen LogP contribution in [-0.2, 0) is 0 Å². The van der Waals surface area contributed by atoms with Crippen molar-refractivity contribution in [1.82, 2.24) is 10.3 Å². The number of nitriles is 1. The van der Waals surface area contributed by atoms with Gasteiger partial charge in [-0.3, -0.25) is 0 Å². The zero-order chi connectivity index (χ0) is 13.2. The minimum atomic E-state index is 0.235. The lowest BCUT2D eigenvalue weighted by molar-refractivity contribution is 0.304. The molecule has 0 radical (unpaired) electrons. The second kappa shape index (κ2) is 4.95. The Morgan fingerprint density at radius 1 is 1.39 bits per heavy atom. The Hall–Kier alpha value is -1.60. The quantitative estimate of drug-likeness (QED) is 0.862. The van der Waals surface area contributed by atoms with Crippen LogP contribution in [0.4, 0.5) is 5.82 Å². The molecule has 2 rings (SSSR count). The number of hydrogen-bond donors (Lipinski definition) is 1. The van der Waals surface area contributed by atoms with E-state index in [1.807, 2.05) is 26.1 Å². The number of pyridine rings is 1. The first-order valence-corrected chi connectivity index (χ1v) is 6.39. The van der Waals surface area contributed by atoms with E-state index in [0.29, 0.717) is 5.56 Å². The molecule has 2 heterocycles. The maximum absolute atomic E-state index is 9.00. The van der Waals surface area contributed by atoms with Crippen LogP contribution in [0.15, 0.2) is 12.1 Å². The third kappa shape index (κ3) is 2.62. The summed E-state index contributed by atoms with van der Waals surface area (Å²) in [5.74, 6) is 0.935. The van der Waals surface area contributed by atoms with Crippen molar-refractivity contribution in [3.63, 3.8) is 0 Å². The van der Waals surface area contributed by atoms with Crippen molar-refractivity contribution in [2.75, 3.05) is 25.0 Å². The summed E-state index contributed by atoms with van der Waals surface area (Å²) in [7, 11) is 2.02. The molecule has 0 spiro atoms. The normalized spacial score (nSPS) is 18.4. The molecule has 1 aliphatic heterocycles. The van der Waals surface area contributed by atoms with E-state index >= 15 is 0 Å². The largest absolute Gasteiger partial charge is 0.356 e. The van der Waals surface area contributed by atoms with E-state index in [2.05, 4.69) is 28.2 Å². The van der Waals surface area contributed by atoms with Gasteiger partial charge < -0.3 is 10.2 Å². The van der Waals surface area contributed by atoms with E-state index < -0.39 is 0 Å². The molecule has 96 valence electrons. The predicted octanol–water partition coefficient (Wildman–Crippen LogP) is 1.84. The Morgan fingerprint density at radius 2 is 2.06 bits per heavy atom. The molecule has 4 nitrogen and oxygen atoms in total. The minimum Gasteiger partial charge on any atom is -0.356 e. The van der Waals surface area contributed by atoms with Crippen molar-refractivity contribution < 1.29 is 0 Å². The lowest BCUT2D eigenvalue weighted by atomic mass is 9.90. The standard InChI is InChI=1S/C14H20N4/c1-11-8-12(10-15)9-13(17-11)18-6-4-14(2,16-3)5-7-18/h8-9,16H,4-7H2,1-3H3. The average molecular weight is 244 g/mol. The van der Waals surface area contributed by atoms with Gasteiger partial charge in [-0.25, -0.2) is 4.98 Å². The molecule has 0 bridgehead atoms. The molecule has 4 heteroatoms. The summed E-state index contributed by atoms with van der Waals surface area (Å²) in [5, 5.41) is 12.4. The van der Waals surface area contributed by atoms with Crippen molar-refractivity contribution in [2.45, 2.75) is 32.2 Å². The molecule has 0 atom stereocenters. The molecule has 0 unspecified atom stereocenters.